The second-order valence-electron chi connectivity index (χ2n) is 13.5. The summed E-state index contributed by atoms with van der Waals surface area (Å²) in [5.74, 6) is 0. The zero-order chi connectivity index (χ0) is 35.2. The van der Waals surface area contributed by atoms with Crippen LogP contribution >= 0.6 is 0 Å². The van der Waals surface area contributed by atoms with E-state index >= 15 is 0 Å². The first-order valence-corrected chi connectivity index (χ1v) is 17.1. The van der Waals surface area contributed by atoms with E-state index < -0.39 is 0 Å². The first kappa shape index (κ1) is 36.2. The van der Waals surface area contributed by atoms with E-state index in [0.717, 1.165) is 55.8 Å². The number of nitrogens with zero attached hydrogens (tertiary/aromatic N) is 4. The van der Waals surface area contributed by atoms with Crippen molar-refractivity contribution < 1.29 is 20.1 Å². The topological polar surface area (TPSA) is 51.6 Å². The van der Waals surface area contributed by atoms with Crippen LogP contribution in [0.3, 0.4) is 0 Å². The van der Waals surface area contributed by atoms with Gasteiger partial charge in [0.25, 0.3) is 0 Å². The Hall–Kier alpha value is -5.61. The van der Waals surface area contributed by atoms with Crippen molar-refractivity contribution >= 4 is 11.0 Å². The monoisotopic (exact) mass is 851 g/mol. The van der Waals surface area contributed by atoms with Crippen LogP contribution in [-0.4, -0.2) is 19.9 Å². The molecule has 1 radical (unpaired) electrons. The minimum atomic E-state index is 0. The van der Waals surface area contributed by atoms with Crippen LogP contribution in [0.2, 0.25) is 0 Å². The molecule has 8 rings (SSSR count). The van der Waals surface area contributed by atoms with Gasteiger partial charge in [-0.2, -0.15) is 0 Å². The second kappa shape index (κ2) is 16.2. The SMILES string of the molecule is CC(C)(C)c1ccnc(-c2[c-]ccc(-c3ccc(-c4ccccc4-c4ccccc4)c4nccnc34)c2)c1.Cc1ccnc(-c2[c-]cccc2)c1.[Ir]. The number of aromatic nitrogens is 4. The molecule has 0 aliphatic heterocycles. The average Bonchev–Trinajstić information content (AvgIpc) is 3.18. The summed E-state index contributed by atoms with van der Waals surface area (Å²) >= 11 is 0. The fourth-order valence-electron chi connectivity index (χ4n) is 6.16. The van der Waals surface area contributed by atoms with Crippen LogP contribution < -0.4 is 0 Å². The largest absolute Gasteiger partial charge is 0.305 e. The first-order chi connectivity index (χ1) is 24.8. The van der Waals surface area contributed by atoms with Crippen LogP contribution in [0.5, 0.6) is 0 Å². The zero-order valence-corrected chi connectivity index (χ0v) is 32.0. The zero-order valence-electron chi connectivity index (χ0n) is 29.6. The summed E-state index contributed by atoms with van der Waals surface area (Å²) < 4.78 is 0. The number of aryl methyl sites for hydroxylation is 1. The smallest absolute Gasteiger partial charge is 0.0971 e. The van der Waals surface area contributed by atoms with E-state index in [2.05, 4.69) is 141 Å². The fraction of sp³-hybridized carbons (Fsp3) is 0.106. The molecule has 52 heavy (non-hydrogen) atoms. The molecular formula is C47H38IrN4-2. The van der Waals surface area contributed by atoms with Gasteiger partial charge in [0.15, 0.2) is 0 Å². The van der Waals surface area contributed by atoms with E-state index in [1.807, 2.05) is 54.9 Å². The van der Waals surface area contributed by atoms with Crippen LogP contribution in [0.25, 0.3) is 66.9 Å². The van der Waals surface area contributed by atoms with Gasteiger partial charge in [0.1, 0.15) is 0 Å². The number of hydrogen-bond donors (Lipinski definition) is 0. The molecule has 257 valence electrons. The van der Waals surface area contributed by atoms with Gasteiger partial charge in [-0.25, -0.2) is 0 Å². The number of rotatable bonds is 5. The molecule has 3 heterocycles. The van der Waals surface area contributed by atoms with Gasteiger partial charge in [-0.05, 0) is 63.7 Å². The second-order valence-corrected chi connectivity index (χ2v) is 13.5. The van der Waals surface area contributed by atoms with Gasteiger partial charge >= 0.3 is 0 Å². The van der Waals surface area contributed by atoms with E-state index in [1.54, 1.807) is 12.4 Å². The Labute approximate surface area is 320 Å². The third-order valence-corrected chi connectivity index (χ3v) is 8.84. The molecule has 0 bridgehead atoms. The maximum atomic E-state index is 4.82. The Morgan fingerprint density at radius 1 is 0.462 bits per heavy atom. The minimum absolute atomic E-state index is 0. The quantitative estimate of drug-likeness (QED) is 0.162. The molecular weight excluding hydrogens is 813 g/mol. The van der Waals surface area contributed by atoms with Crippen molar-refractivity contribution in [3.63, 3.8) is 0 Å². The molecule has 0 amide bonds. The standard InChI is InChI=1S/C35H28N3.C12H10N.Ir/c1-35(2,3)27-18-19-36-32(23-27)26-13-9-12-25(22-26)29-16-17-31(34-33(29)37-20-21-38-34)30-15-8-7-14-28(30)24-10-5-4-6-11-24;1-10-7-8-13-12(9-10)11-5-3-2-4-6-11;/h4-12,14-23H,1-3H3;2-5,7-9H,1H3;/q2*-1;. The number of benzene rings is 5. The van der Waals surface area contributed by atoms with Gasteiger partial charge in [0.05, 0.1) is 11.0 Å². The Morgan fingerprint density at radius 3 is 1.81 bits per heavy atom. The Kier molecular flexibility index (Phi) is 11.2. The van der Waals surface area contributed by atoms with E-state index in [-0.39, 0.29) is 25.5 Å². The molecule has 0 saturated heterocycles. The molecule has 0 unspecified atom stereocenters. The molecule has 5 aromatic carbocycles. The predicted octanol–water partition coefficient (Wildman–Crippen LogP) is 11.6. The molecule has 5 heteroatoms. The van der Waals surface area contributed by atoms with Gasteiger partial charge < -0.3 is 9.97 Å². The van der Waals surface area contributed by atoms with Crippen molar-refractivity contribution in [2.24, 2.45) is 0 Å². The van der Waals surface area contributed by atoms with Crippen LogP contribution in [-0.2, 0) is 25.5 Å². The molecule has 0 spiro atoms. The molecule has 4 nitrogen and oxygen atoms in total. The fourth-order valence-corrected chi connectivity index (χ4v) is 6.16. The molecule has 0 aliphatic rings. The van der Waals surface area contributed by atoms with Crippen LogP contribution in [0, 0.1) is 19.1 Å². The summed E-state index contributed by atoms with van der Waals surface area (Å²) in [6, 6.07) is 52.2. The Morgan fingerprint density at radius 2 is 1.10 bits per heavy atom. The van der Waals surface area contributed by atoms with Gasteiger partial charge in [-0.1, -0.05) is 111 Å². The van der Waals surface area contributed by atoms with Crippen molar-refractivity contribution in [2.45, 2.75) is 33.1 Å². The number of hydrogen-bond acceptors (Lipinski definition) is 4. The molecule has 0 N–H and O–H groups in total. The third-order valence-electron chi connectivity index (χ3n) is 8.84. The molecule has 8 aromatic rings. The summed E-state index contributed by atoms with van der Waals surface area (Å²) in [5, 5.41) is 0. The maximum absolute atomic E-state index is 4.82. The summed E-state index contributed by atoms with van der Waals surface area (Å²) in [5.41, 5.74) is 14.9. The van der Waals surface area contributed by atoms with Crippen LogP contribution in [0.15, 0.2) is 158 Å². The van der Waals surface area contributed by atoms with Crippen molar-refractivity contribution in [1.82, 2.24) is 19.9 Å². The predicted molar refractivity (Wildman–Crippen MR) is 210 cm³/mol. The van der Waals surface area contributed by atoms with E-state index in [0.29, 0.717) is 0 Å². The molecule has 0 aliphatic carbocycles. The van der Waals surface area contributed by atoms with E-state index in [1.165, 1.54) is 22.3 Å². The number of fused-ring (bicyclic) bond motifs is 1. The normalized spacial score (nSPS) is 10.9. The summed E-state index contributed by atoms with van der Waals surface area (Å²) in [6.07, 6.45) is 7.25. The summed E-state index contributed by atoms with van der Waals surface area (Å²) in [7, 11) is 0. The Balaban J connectivity index is 0.000000279. The number of pyridine rings is 2. The van der Waals surface area contributed by atoms with Crippen molar-refractivity contribution in [2.75, 3.05) is 0 Å². The van der Waals surface area contributed by atoms with Crippen molar-refractivity contribution in [3.8, 4) is 55.9 Å². The summed E-state index contributed by atoms with van der Waals surface area (Å²) in [6.45, 7) is 8.71. The third kappa shape index (κ3) is 8.13. The van der Waals surface area contributed by atoms with E-state index in [9.17, 15) is 0 Å². The van der Waals surface area contributed by atoms with Crippen LogP contribution in [0.1, 0.15) is 31.9 Å². The minimum Gasteiger partial charge on any atom is -0.305 e. The van der Waals surface area contributed by atoms with Gasteiger partial charge in [-0.3, -0.25) is 9.97 Å². The van der Waals surface area contributed by atoms with Crippen molar-refractivity contribution in [3.05, 3.63) is 182 Å². The average molecular weight is 851 g/mol. The maximum Gasteiger partial charge on any atom is 0.0971 e. The molecule has 0 atom stereocenters. The molecule has 0 saturated carbocycles. The van der Waals surface area contributed by atoms with Gasteiger partial charge in [0, 0.05) is 50.5 Å². The Bertz CT molecular complexity index is 2420. The molecule has 0 fully saturated rings. The first-order valence-electron chi connectivity index (χ1n) is 17.1. The van der Waals surface area contributed by atoms with Crippen molar-refractivity contribution in [1.29, 1.82) is 0 Å². The van der Waals surface area contributed by atoms with E-state index in [4.69, 9.17) is 9.97 Å². The molecule has 3 aromatic heterocycles. The van der Waals surface area contributed by atoms with Crippen LogP contribution in [0.4, 0.5) is 0 Å². The van der Waals surface area contributed by atoms with Gasteiger partial charge in [0.2, 0.25) is 0 Å². The van der Waals surface area contributed by atoms with Gasteiger partial charge in [-0.15, -0.1) is 65.7 Å². The summed E-state index contributed by atoms with van der Waals surface area (Å²) in [4.78, 5) is 18.6.